The number of nitrogens with zero attached hydrogens (tertiary/aromatic N) is 3. The molecule has 3 heterocycles. The molecule has 2 aromatic rings. The van der Waals surface area contributed by atoms with E-state index in [4.69, 9.17) is 9.47 Å². The van der Waals surface area contributed by atoms with Gasteiger partial charge < -0.3 is 9.47 Å². The van der Waals surface area contributed by atoms with Gasteiger partial charge in [0.2, 0.25) is 5.88 Å². The van der Waals surface area contributed by atoms with E-state index in [1.807, 2.05) is 11.3 Å². The van der Waals surface area contributed by atoms with Gasteiger partial charge in [0.05, 0.1) is 18.6 Å². The van der Waals surface area contributed by atoms with Crippen LogP contribution in [0.3, 0.4) is 0 Å². The van der Waals surface area contributed by atoms with Gasteiger partial charge in [-0.15, -0.1) is 11.3 Å². The molecule has 1 saturated heterocycles. The van der Waals surface area contributed by atoms with Crippen LogP contribution in [0.2, 0.25) is 0 Å². The smallest absolute Gasteiger partial charge is 0.225 e. The summed E-state index contributed by atoms with van der Waals surface area (Å²) in [5.74, 6) is 1.35. The molecule has 0 N–H and O–H groups in total. The van der Waals surface area contributed by atoms with E-state index in [9.17, 15) is 0 Å². The second-order valence-corrected chi connectivity index (χ2v) is 9.10. The van der Waals surface area contributed by atoms with Crippen molar-refractivity contribution in [1.82, 2.24) is 14.9 Å². The van der Waals surface area contributed by atoms with Crippen LogP contribution in [0.15, 0.2) is 6.33 Å². The Morgan fingerprint density at radius 3 is 2.74 bits per heavy atom. The van der Waals surface area contributed by atoms with Crippen molar-refractivity contribution >= 4 is 21.6 Å². The Labute approximate surface area is 165 Å². The van der Waals surface area contributed by atoms with Crippen molar-refractivity contribution in [3.63, 3.8) is 0 Å². The van der Waals surface area contributed by atoms with E-state index in [2.05, 4.69) is 21.8 Å². The van der Waals surface area contributed by atoms with Crippen molar-refractivity contribution in [3.05, 3.63) is 23.7 Å². The molecule has 0 amide bonds. The number of morpholine rings is 1. The number of aromatic nitrogens is 2. The van der Waals surface area contributed by atoms with Gasteiger partial charge in [-0.2, -0.15) is 0 Å². The van der Waals surface area contributed by atoms with Gasteiger partial charge in [-0.1, -0.05) is 6.92 Å². The first-order valence-electron chi connectivity index (χ1n) is 10.4. The lowest BCUT2D eigenvalue weighted by Gasteiger charge is -2.38. The molecule has 2 aromatic heterocycles. The summed E-state index contributed by atoms with van der Waals surface area (Å²) in [7, 11) is 0. The molecule has 27 heavy (non-hydrogen) atoms. The van der Waals surface area contributed by atoms with Crippen molar-refractivity contribution in [2.24, 2.45) is 0 Å². The molecule has 1 aliphatic heterocycles. The monoisotopic (exact) mass is 386 g/mol. The first-order valence-corrected chi connectivity index (χ1v) is 11.2. The van der Waals surface area contributed by atoms with Crippen molar-refractivity contribution < 1.29 is 9.47 Å². The van der Waals surface area contributed by atoms with Crippen LogP contribution < -0.4 is 4.74 Å². The zero-order chi connectivity index (χ0) is 18.2. The Morgan fingerprint density at radius 2 is 1.96 bits per heavy atom. The van der Waals surface area contributed by atoms with Crippen LogP contribution in [0.1, 0.15) is 54.9 Å². The van der Waals surface area contributed by atoms with E-state index in [0.717, 1.165) is 62.7 Å². The fraction of sp³-hybridized carbons (Fsp3) is 0.667. The molecule has 1 atom stereocenters. The summed E-state index contributed by atoms with van der Waals surface area (Å²) in [4.78, 5) is 14.2. The van der Waals surface area contributed by atoms with Crippen LogP contribution in [0.4, 0.5) is 0 Å². The molecule has 0 bridgehead atoms. The summed E-state index contributed by atoms with van der Waals surface area (Å²) in [6.07, 6.45) is 9.89. The van der Waals surface area contributed by atoms with Gasteiger partial charge in [0, 0.05) is 24.0 Å². The summed E-state index contributed by atoms with van der Waals surface area (Å²) in [5, 5.41) is 1.18. The van der Waals surface area contributed by atoms with Crippen molar-refractivity contribution in [3.8, 4) is 5.88 Å². The van der Waals surface area contributed by atoms with Crippen LogP contribution in [0.25, 0.3) is 10.2 Å². The molecule has 0 aromatic carbocycles. The van der Waals surface area contributed by atoms with Gasteiger partial charge in [-0.25, -0.2) is 9.97 Å². The molecule has 1 radical (unpaired) electrons. The summed E-state index contributed by atoms with van der Waals surface area (Å²) in [6.45, 7) is 8.08. The highest BCUT2D eigenvalue weighted by atomic mass is 32.1. The predicted molar refractivity (Wildman–Crippen MR) is 108 cm³/mol. The van der Waals surface area contributed by atoms with E-state index < -0.39 is 0 Å². The molecular weight excluding hydrogens is 358 g/mol. The fourth-order valence-electron chi connectivity index (χ4n) is 5.05. The lowest BCUT2D eigenvalue weighted by molar-refractivity contribution is -0.00126. The number of thiophene rings is 1. The molecule has 2 fully saturated rings. The molecule has 145 valence electrons. The minimum absolute atomic E-state index is 0.274. The highest BCUT2D eigenvalue weighted by Crippen LogP contribution is 2.47. The third-order valence-electron chi connectivity index (χ3n) is 6.53. The fourth-order valence-corrected chi connectivity index (χ4v) is 6.28. The minimum atomic E-state index is 0.274. The maximum atomic E-state index is 6.47. The molecule has 0 unspecified atom stereocenters. The SMILES string of the molecule is [CH2]C[C@@H]1CCc2sc3ncnc(OC4CCC(N5CCOCC5)CC4)c3c21. The number of hydrogen-bond donors (Lipinski definition) is 0. The topological polar surface area (TPSA) is 47.5 Å². The van der Waals surface area contributed by atoms with E-state index in [1.165, 1.54) is 35.1 Å². The molecule has 5 rings (SSSR count). The highest BCUT2D eigenvalue weighted by Gasteiger charge is 2.31. The van der Waals surface area contributed by atoms with Crippen LogP contribution >= 0.6 is 11.3 Å². The molecule has 6 heteroatoms. The van der Waals surface area contributed by atoms with Gasteiger partial charge >= 0.3 is 0 Å². The standard InChI is InChI=1S/C21H28N3O2S/c1-2-14-3-8-17-18(14)19-20(22-13-23-21(19)27-17)26-16-6-4-15(5-7-16)24-9-11-25-12-10-24/h13-16H,1-12H2/t14-,15?,16?/m1/s1. The first-order chi connectivity index (χ1) is 13.3. The van der Waals surface area contributed by atoms with Crippen LogP contribution in [0, 0.1) is 6.92 Å². The molecular formula is C21H28N3O2S. The van der Waals surface area contributed by atoms with E-state index in [1.54, 1.807) is 6.33 Å². The maximum absolute atomic E-state index is 6.47. The zero-order valence-corrected chi connectivity index (χ0v) is 16.7. The minimum Gasteiger partial charge on any atom is -0.474 e. The van der Waals surface area contributed by atoms with E-state index >= 15 is 0 Å². The van der Waals surface area contributed by atoms with E-state index in [-0.39, 0.29) is 6.10 Å². The first kappa shape index (κ1) is 17.8. The largest absolute Gasteiger partial charge is 0.474 e. The molecule has 5 nitrogen and oxygen atoms in total. The summed E-state index contributed by atoms with van der Waals surface area (Å²) >= 11 is 1.82. The van der Waals surface area contributed by atoms with Crippen molar-refractivity contribution in [2.45, 2.75) is 63.0 Å². The van der Waals surface area contributed by atoms with Crippen LogP contribution in [-0.2, 0) is 11.2 Å². The van der Waals surface area contributed by atoms with Crippen molar-refractivity contribution in [2.75, 3.05) is 26.3 Å². The zero-order valence-electron chi connectivity index (χ0n) is 15.9. The highest BCUT2D eigenvalue weighted by molar-refractivity contribution is 7.19. The second-order valence-electron chi connectivity index (χ2n) is 8.02. The lowest BCUT2D eigenvalue weighted by Crippen LogP contribution is -2.46. The maximum Gasteiger partial charge on any atom is 0.225 e. The van der Waals surface area contributed by atoms with Crippen molar-refractivity contribution in [1.29, 1.82) is 0 Å². The van der Waals surface area contributed by atoms with E-state index in [0.29, 0.717) is 12.0 Å². The average molecular weight is 387 g/mol. The van der Waals surface area contributed by atoms with Crippen LogP contribution in [-0.4, -0.2) is 53.3 Å². The quantitative estimate of drug-likeness (QED) is 0.796. The molecule has 1 saturated carbocycles. The number of hydrogen-bond acceptors (Lipinski definition) is 6. The summed E-state index contributed by atoms with van der Waals surface area (Å²) in [6, 6.07) is 0.695. The number of fused-ring (bicyclic) bond motifs is 3. The van der Waals surface area contributed by atoms with Gasteiger partial charge in [-0.3, -0.25) is 4.90 Å². The van der Waals surface area contributed by atoms with Gasteiger partial charge in [-0.05, 0) is 56.4 Å². The Morgan fingerprint density at radius 1 is 1.15 bits per heavy atom. The van der Waals surface area contributed by atoms with Gasteiger partial charge in [0.15, 0.2) is 0 Å². The third kappa shape index (κ3) is 3.36. The Hall–Kier alpha value is -1.24. The molecule has 0 spiro atoms. The Kier molecular flexibility index (Phi) is 5.05. The van der Waals surface area contributed by atoms with Gasteiger partial charge in [0.1, 0.15) is 17.3 Å². The lowest BCUT2D eigenvalue weighted by atomic mass is 9.91. The summed E-state index contributed by atoms with van der Waals surface area (Å²) in [5.41, 5.74) is 1.43. The number of aryl methyl sites for hydroxylation is 1. The molecule has 2 aliphatic carbocycles. The van der Waals surface area contributed by atoms with Crippen LogP contribution in [0.5, 0.6) is 5.88 Å². The molecule has 3 aliphatic rings. The summed E-state index contributed by atoms with van der Waals surface area (Å²) < 4.78 is 12.0. The predicted octanol–water partition coefficient (Wildman–Crippen LogP) is 3.97. The number of rotatable bonds is 4. The average Bonchev–Trinajstić information content (AvgIpc) is 3.28. The Bertz CT molecular complexity index is 794. The number of ether oxygens (including phenoxy) is 2. The third-order valence-corrected chi connectivity index (χ3v) is 7.70. The van der Waals surface area contributed by atoms with Gasteiger partial charge in [0.25, 0.3) is 0 Å². The normalized spacial score (nSPS) is 29.1. The second kappa shape index (κ2) is 7.64. The Balaban J connectivity index is 1.31.